The van der Waals surface area contributed by atoms with Crippen molar-refractivity contribution < 1.29 is 9.13 Å². The summed E-state index contributed by atoms with van der Waals surface area (Å²) in [6.07, 6.45) is 1.32. The lowest BCUT2D eigenvalue weighted by molar-refractivity contribution is 0.304. The van der Waals surface area contributed by atoms with Crippen molar-refractivity contribution >= 4 is 0 Å². The van der Waals surface area contributed by atoms with Gasteiger partial charge in [0.2, 0.25) is 5.95 Å². The Kier molecular flexibility index (Phi) is 3.31. The van der Waals surface area contributed by atoms with Crippen molar-refractivity contribution in [2.24, 2.45) is 0 Å². The number of ether oxygens (including phenoxy) is 1. The van der Waals surface area contributed by atoms with Crippen molar-refractivity contribution in [1.82, 2.24) is 4.98 Å². The van der Waals surface area contributed by atoms with Gasteiger partial charge in [-0.2, -0.15) is 9.65 Å². The van der Waals surface area contributed by atoms with E-state index in [9.17, 15) is 4.39 Å². The molecule has 0 saturated carbocycles. The van der Waals surface area contributed by atoms with Crippen LogP contribution in [0.25, 0.3) is 0 Å². The molecule has 4 heteroatoms. The third-order valence-corrected chi connectivity index (χ3v) is 2.16. The van der Waals surface area contributed by atoms with Crippen molar-refractivity contribution in [2.45, 2.75) is 6.61 Å². The predicted molar refractivity (Wildman–Crippen MR) is 59.7 cm³/mol. The number of aromatic nitrogens is 1. The molecule has 3 nitrogen and oxygen atoms in total. The Morgan fingerprint density at radius 1 is 1.29 bits per heavy atom. The summed E-state index contributed by atoms with van der Waals surface area (Å²) in [6.45, 7) is 0.322. The van der Waals surface area contributed by atoms with Gasteiger partial charge in [0.25, 0.3) is 0 Å². The van der Waals surface area contributed by atoms with Gasteiger partial charge in [0, 0.05) is 0 Å². The molecule has 0 aliphatic rings. The molecule has 0 atom stereocenters. The van der Waals surface area contributed by atoms with E-state index in [4.69, 9.17) is 10.00 Å². The van der Waals surface area contributed by atoms with E-state index in [1.807, 2.05) is 6.07 Å². The molecule has 84 valence electrons. The van der Waals surface area contributed by atoms with Crippen molar-refractivity contribution in [1.29, 1.82) is 5.26 Å². The van der Waals surface area contributed by atoms with Crippen molar-refractivity contribution in [3.05, 3.63) is 59.7 Å². The zero-order chi connectivity index (χ0) is 12.1. The molecule has 2 rings (SSSR count). The summed E-state index contributed by atoms with van der Waals surface area (Å²) in [6, 6.07) is 11.9. The largest absolute Gasteiger partial charge is 0.487 e. The maximum absolute atomic E-state index is 12.5. The van der Waals surface area contributed by atoms with Gasteiger partial charge in [0.05, 0.1) is 17.8 Å². The lowest BCUT2D eigenvalue weighted by atomic mass is 10.1. The monoisotopic (exact) mass is 228 g/mol. The molecule has 2 aromatic rings. The van der Waals surface area contributed by atoms with Crippen LogP contribution in [0.2, 0.25) is 0 Å². The first kappa shape index (κ1) is 11.1. The van der Waals surface area contributed by atoms with E-state index in [0.29, 0.717) is 17.9 Å². The van der Waals surface area contributed by atoms with Crippen LogP contribution in [0.3, 0.4) is 0 Å². The molecule has 0 aliphatic heterocycles. The van der Waals surface area contributed by atoms with Crippen LogP contribution in [0.15, 0.2) is 42.6 Å². The first-order chi connectivity index (χ1) is 8.28. The highest BCUT2D eigenvalue weighted by Gasteiger charge is 1.98. The zero-order valence-corrected chi connectivity index (χ0v) is 8.93. The van der Waals surface area contributed by atoms with Gasteiger partial charge in [-0.3, -0.25) is 0 Å². The Hall–Kier alpha value is -2.41. The second kappa shape index (κ2) is 5.08. The SMILES string of the molecule is N#Cc1cccc(COc2ccc(F)nc2)c1. The van der Waals surface area contributed by atoms with Crippen LogP contribution in [0.5, 0.6) is 5.75 Å². The summed E-state index contributed by atoms with van der Waals surface area (Å²) < 4.78 is 18.0. The minimum absolute atomic E-state index is 0.322. The number of nitriles is 1. The van der Waals surface area contributed by atoms with Crippen LogP contribution in [0.1, 0.15) is 11.1 Å². The lowest BCUT2D eigenvalue weighted by Crippen LogP contribution is -1.96. The maximum atomic E-state index is 12.5. The van der Waals surface area contributed by atoms with E-state index in [-0.39, 0.29) is 0 Å². The molecule has 0 saturated heterocycles. The Morgan fingerprint density at radius 3 is 2.88 bits per heavy atom. The van der Waals surface area contributed by atoms with Crippen LogP contribution in [-0.4, -0.2) is 4.98 Å². The fraction of sp³-hybridized carbons (Fsp3) is 0.0769. The lowest BCUT2D eigenvalue weighted by Gasteiger charge is -2.05. The predicted octanol–water partition coefficient (Wildman–Crippen LogP) is 2.67. The fourth-order valence-electron chi connectivity index (χ4n) is 1.34. The molecule has 0 fully saturated rings. The highest BCUT2D eigenvalue weighted by atomic mass is 19.1. The molecule has 17 heavy (non-hydrogen) atoms. The van der Waals surface area contributed by atoms with Crippen LogP contribution in [0, 0.1) is 17.3 Å². The van der Waals surface area contributed by atoms with Gasteiger partial charge in [-0.15, -0.1) is 0 Å². The topological polar surface area (TPSA) is 45.9 Å². The first-order valence-corrected chi connectivity index (χ1v) is 5.01. The van der Waals surface area contributed by atoms with Crippen molar-refractivity contribution in [2.75, 3.05) is 0 Å². The molecule has 0 spiro atoms. The number of halogens is 1. The van der Waals surface area contributed by atoms with Gasteiger partial charge in [-0.05, 0) is 29.8 Å². The van der Waals surface area contributed by atoms with Gasteiger partial charge in [-0.1, -0.05) is 12.1 Å². The van der Waals surface area contributed by atoms with Crippen LogP contribution < -0.4 is 4.74 Å². The van der Waals surface area contributed by atoms with Gasteiger partial charge >= 0.3 is 0 Å². The molecule has 0 bridgehead atoms. The summed E-state index contributed by atoms with van der Waals surface area (Å²) in [5, 5.41) is 8.74. The molecule has 1 heterocycles. The Labute approximate surface area is 98.1 Å². The smallest absolute Gasteiger partial charge is 0.213 e. The molecule has 1 aromatic heterocycles. The van der Waals surface area contributed by atoms with Gasteiger partial charge in [0.15, 0.2) is 0 Å². The molecule has 0 amide bonds. The van der Waals surface area contributed by atoms with Crippen LogP contribution >= 0.6 is 0 Å². The van der Waals surface area contributed by atoms with E-state index in [1.54, 1.807) is 18.2 Å². The molecular weight excluding hydrogens is 219 g/mol. The summed E-state index contributed by atoms with van der Waals surface area (Å²) in [5.74, 6) is -0.0439. The fourth-order valence-corrected chi connectivity index (χ4v) is 1.34. The third kappa shape index (κ3) is 3.02. The summed E-state index contributed by atoms with van der Waals surface area (Å²) >= 11 is 0. The Morgan fingerprint density at radius 2 is 2.18 bits per heavy atom. The highest BCUT2D eigenvalue weighted by Crippen LogP contribution is 2.12. The number of benzene rings is 1. The van der Waals surface area contributed by atoms with Gasteiger partial charge in [-0.25, -0.2) is 4.98 Å². The normalized spacial score (nSPS) is 9.65. The average molecular weight is 228 g/mol. The second-order valence-electron chi connectivity index (χ2n) is 3.42. The summed E-state index contributed by atoms with van der Waals surface area (Å²) in [7, 11) is 0. The number of rotatable bonds is 3. The molecule has 0 aliphatic carbocycles. The van der Waals surface area contributed by atoms with E-state index in [1.165, 1.54) is 18.3 Å². The number of pyridine rings is 1. The molecule has 0 unspecified atom stereocenters. The first-order valence-electron chi connectivity index (χ1n) is 5.01. The van der Waals surface area contributed by atoms with Crippen LogP contribution in [-0.2, 0) is 6.61 Å². The standard InChI is InChI=1S/C13H9FN2O/c14-13-5-4-12(8-16-13)17-9-11-3-1-2-10(6-11)7-15/h1-6,8H,9H2. The second-order valence-corrected chi connectivity index (χ2v) is 3.42. The Bertz CT molecular complexity index is 546. The molecular formula is C13H9FN2O. The Balaban J connectivity index is 2.02. The molecule has 1 aromatic carbocycles. The van der Waals surface area contributed by atoms with Crippen molar-refractivity contribution in [3.63, 3.8) is 0 Å². The number of hydrogen-bond acceptors (Lipinski definition) is 3. The molecule has 0 N–H and O–H groups in total. The van der Waals surface area contributed by atoms with E-state index >= 15 is 0 Å². The maximum Gasteiger partial charge on any atom is 0.213 e. The zero-order valence-electron chi connectivity index (χ0n) is 8.93. The minimum atomic E-state index is -0.538. The third-order valence-electron chi connectivity index (χ3n) is 2.16. The quantitative estimate of drug-likeness (QED) is 0.759. The van der Waals surface area contributed by atoms with Crippen molar-refractivity contribution in [3.8, 4) is 11.8 Å². The summed E-state index contributed by atoms with van der Waals surface area (Å²) in [5.41, 5.74) is 1.47. The van der Waals surface area contributed by atoms with Gasteiger partial charge in [0.1, 0.15) is 12.4 Å². The van der Waals surface area contributed by atoms with Crippen LogP contribution in [0.4, 0.5) is 4.39 Å². The highest BCUT2D eigenvalue weighted by molar-refractivity contribution is 5.32. The minimum Gasteiger partial charge on any atom is -0.487 e. The van der Waals surface area contributed by atoms with E-state index < -0.39 is 5.95 Å². The number of nitrogens with zero attached hydrogens (tertiary/aromatic N) is 2. The van der Waals surface area contributed by atoms with Gasteiger partial charge < -0.3 is 4.74 Å². The number of hydrogen-bond donors (Lipinski definition) is 0. The summed E-state index contributed by atoms with van der Waals surface area (Å²) in [4.78, 5) is 3.48. The average Bonchev–Trinajstić information content (AvgIpc) is 2.38. The van der Waals surface area contributed by atoms with E-state index in [0.717, 1.165) is 5.56 Å². The van der Waals surface area contributed by atoms with E-state index in [2.05, 4.69) is 11.1 Å². The molecule has 0 radical (unpaired) electrons.